The summed E-state index contributed by atoms with van der Waals surface area (Å²) >= 11 is 0. The molecule has 0 spiro atoms. The number of hydrogen-bond acceptors (Lipinski definition) is 3. The first-order valence-corrected chi connectivity index (χ1v) is 8.20. The van der Waals surface area contributed by atoms with Crippen molar-refractivity contribution < 1.29 is 12.8 Å². The van der Waals surface area contributed by atoms with Crippen LogP contribution in [0.3, 0.4) is 0 Å². The molecule has 2 aromatic rings. The van der Waals surface area contributed by atoms with Gasteiger partial charge in [0.25, 0.3) is 0 Å². The minimum Gasteiger partial charge on any atom is -0.469 e. The van der Waals surface area contributed by atoms with Crippen molar-refractivity contribution in [2.45, 2.75) is 37.1 Å². The second-order valence-corrected chi connectivity index (χ2v) is 6.89. The van der Waals surface area contributed by atoms with E-state index in [4.69, 9.17) is 4.42 Å². The average Bonchev–Trinajstić information content (AvgIpc) is 2.88. The second-order valence-electron chi connectivity index (χ2n) is 5.18. The summed E-state index contributed by atoms with van der Waals surface area (Å²) in [4.78, 5) is 0.304. The largest absolute Gasteiger partial charge is 0.469 e. The molecule has 0 fully saturated rings. The Morgan fingerprint density at radius 2 is 1.95 bits per heavy atom. The highest BCUT2D eigenvalue weighted by molar-refractivity contribution is 7.89. The number of aryl methyl sites for hydroxylation is 2. The van der Waals surface area contributed by atoms with Crippen LogP contribution in [0.5, 0.6) is 0 Å². The summed E-state index contributed by atoms with van der Waals surface area (Å²) in [6.45, 7) is 1.93. The van der Waals surface area contributed by atoms with Crippen molar-refractivity contribution in [2.24, 2.45) is 0 Å². The summed E-state index contributed by atoms with van der Waals surface area (Å²) in [5, 5.41) is 0. The Labute approximate surface area is 118 Å². The van der Waals surface area contributed by atoms with Crippen molar-refractivity contribution in [1.82, 2.24) is 4.72 Å². The van der Waals surface area contributed by atoms with Crippen molar-refractivity contribution in [2.75, 3.05) is 0 Å². The lowest BCUT2D eigenvalue weighted by molar-refractivity contribution is 0.438. The molecule has 5 heteroatoms. The van der Waals surface area contributed by atoms with Gasteiger partial charge in [-0.05, 0) is 38.0 Å². The van der Waals surface area contributed by atoms with Gasteiger partial charge in [0.2, 0.25) is 10.0 Å². The van der Waals surface area contributed by atoms with E-state index in [1.54, 1.807) is 30.5 Å². The van der Waals surface area contributed by atoms with E-state index in [9.17, 15) is 8.42 Å². The first kappa shape index (κ1) is 13.4. The van der Waals surface area contributed by atoms with Crippen molar-refractivity contribution in [3.63, 3.8) is 0 Å². The molecular formula is C15H17NO3S. The van der Waals surface area contributed by atoms with Gasteiger partial charge < -0.3 is 4.42 Å². The smallest absolute Gasteiger partial charge is 0.241 e. The summed E-state index contributed by atoms with van der Waals surface area (Å²) in [5.74, 6) is 0.896. The summed E-state index contributed by atoms with van der Waals surface area (Å²) in [5.41, 5.74) is 2.01. The van der Waals surface area contributed by atoms with E-state index < -0.39 is 10.0 Å². The fraction of sp³-hybridized carbons (Fsp3) is 0.333. The number of hydrogen-bond donors (Lipinski definition) is 1. The molecule has 0 aliphatic heterocycles. The van der Waals surface area contributed by atoms with Crippen molar-refractivity contribution in [1.29, 1.82) is 0 Å². The highest BCUT2D eigenvalue weighted by atomic mass is 32.2. The predicted octanol–water partition coefficient (Wildman–Crippen LogP) is 2.94. The van der Waals surface area contributed by atoms with E-state index in [1.165, 1.54) is 0 Å². The van der Waals surface area contributed by atoms with Gasteiger partial charge in [0.05, 0.1) is 17.2 Å². The molecule has 1 N–H and O–H groups in total. The van der Waals surface area contributed by atoms with Crippen LogP contribution in [0.4, 0.5) is 0 Å². The lowest BCUT2D eigenvalue weighted by atomic mass is 9.94. The van der Waals surface area contributed by atoms with Gasteiger partial charge in [-0.3, -0.25) is 0 Å². The van der Waals surface area contributed by atoms with E-state index in [1.807, 2.05) is 13.0 Å². The van der Waals surface area contributed by atoms with Crippen LogP contribution in [0.2, 0.25) is 0 Å². The molecule has 3 rings (SSSR count). The lowest BCUT2D eigenvalue weighted by Gasteiger charge is -2.22. The molecule has 0 bridgehead atoms. The molecule has 1 atom stereocenters. The lowest BCUT2D eigenvalue weighted by Crippen LogP contribution is -2.30. The molecule has 1 aromatic heterocycles. The van der Waals surface area contributed by atoms with Gasteiger partial charge in [-0.25, -0.2) is 13.1 Å². The van der Waals surface area contributed by atoms with Crippen molar-refractivity contribution in [3.05, 3.63) is 53.5 Å². The van der Waals surface area contributed by atoms with Gasteiger partial charge in [-0.2, -0.15) is 0 Å². The SMILES string of the molecule is Cc1ccc(S(=O)(=O)NC2CCCc3occc32)cc1. The Kier molecular flexibility index (Phi) is 3.40. The number of fused-ring (bicyclic) bond motifs is 1. The molecule has 0 saturated heterocycles. The molecule has 0 radical (unpaired) electrons. The average molecular weight is 291 g/mol. The van der Waals surface area contributed by atoms with Gasteiger partial charge >= 0.3 is 0 Å². The normalized spacial score (nSPS) is 18.8. The zero-order chi connectivity index (χ0) is 14.2. The third kappa shape index (κ3) is 2.51. The summed E-state index contributed by atoms with van der Waals surface area (Å²) in [6, 6.07) is 8.55. The maximum atomic E-state index is 12.4. The van der Waals surface area contributed by atoms with Crippen LogP contribution in [0.25, 0.3) is 0 Å². The third-order valence-electron chi connectivity index (χ3n) is 3.68. The second kappa shape index (κ2) is 5.07. The topological polar surface area (TPSA) is 59.3 Å². The zero-order valence-electron chi connectivity index (χ0n) is 11.3. The quantitative estimate of drug-likeness (QED) is 0.946. The van der Waals surface area contributed by atoms with Crippen LogP contribution in [-0.2, 0) is 16.4 Å². The predicted molar refractivity (Wildman–Crippen MR) is 75.9 cm³/mol. The standard InChI is InChI=1S/C15H17NO3S/c1-11-5-7-12(8-6-11)20(17,18)16-14-3-2-4-15-13(14)9-10-19-15/h5-10,14,16H,2-4H2,1H3. The van der Waals surface area contributed by atoms with Crippen LogP contribution in [0, 0.1) is 6.92 Å². The monoisotopic (exact) mass is 291 g/mol. The molecule has 1 aliphatic rings. The maximum Gasteiger partial charge on any atom is 0.241 e. The molecule has 1 aromatic carbocycles. The minimum absolute atomic E-state index is 0.191. The summed E-state index contributed by atoms with van der Waals surface area (Å²) < 4.78 is 33.0. The Hall–Kier alpha value is -1.59. The van der Waals surface area contributed by atoms with Gasteiger partial charge in [0.1, 0.15) is 5.76 Å². The van der Waals surface area contributed by atoms with Crippen LogP contribution in [0.1, 0.15) is 35.8 Å². The van der Waals surface area contributed by atoms with E-state index in [0.29, 0.717) is 4.90 Å². The summed E-state index contributed by atoms with van der Waals surface area (Å²) in [7, 11) is -3.49. The molecule has 20 heavy (non-hydrogen) atoms. The number of furan rings is 1. The molecule has 1 unspecified atom stereocenters. The highest BCUT2D eigenvalue weighted by Crippen LogP contribution is 2.31. The Morgan fingerprint density at radius 3 is 2.70 bits per heavy atom. The van der Waals surface area contributed by atoms with E-state index in [0.717, 1.165) is 36.1 Å². The fourth-order valence-corrected chi connectivity index (χ4v) is 3.83. The first-order valence-electron chi connectivity index (χ1n) is 6.71. The van der Waals surface area contributed by atoms with Gasteiger partial charge in [0, 0.05) is 12.0 Å². The molecule has 106 valence electrons. The molecular weight excluding hydrogens is 274 g/mol. The first-order chi connectivity index (χ1) is 9.56. The Balaban J connectivity index is 1.86. The number of sulfonamides is 1. The number of nitrogens with one attached hydrogen (secondary N) is 1. The van der Waals surface area contributed by atoms with Gasteiger partial charge in [-0.1, -0.05) is 17.7 Å². The number of rotatable bonds is 3. The zero-order valence-corrected chi connectivity index (χ0v) is 12.1. The van der Waals surface area contributed by atoms with E-state index >= 15 is 0 Å². The van der Waals surface area contributed by atoms with Crippen LogP contribution in [0.15, 0.2) is 45.9 Å². The summed E-state index contributed by atoms with van der Waals surface area (Å²) in [6.07, 6.45) is 4.24. The molecule has 0 amide bonds. The maximum absolute atomic E-state index is 12.4. The van der Waals surface area contributed by atoms with Gasteiger partial charge in [-0.15, -0.1) is 0 Å². The number of benzene rings is 1. The van der Waals surface area contributed by atoms with E-state index in [2.05, 4.69) is 4.72 Å². The fourth-order valence-electron chi connectivity index (χ4n) is 2.58. The molecule has 1 heterocycles. The molecule has 4 nitrogen and oxygen atoms in total. The van der Waals surface area contributed by atoms with E-state index in [-0.39, 0.29) is 6.04 Å². The third-order valence-corrected chi connectivity index (χ3v) is 5.17. The van der Waals surface area contributed by atoms with Crippen molar-refractivity contribution >= 4 is 10.0 Å². The molecule has 0 saturated carbocycles. The van der Waals surface area contributed by atoms with Gasteiger partial charge in [0.15, 0.2) is 0 Å². The Bertz CT molecular complexity index is 701. The van der Waals surface area contributed by atoms with Crippen LogP contribution >= 0.6 is 0 Å². The molecule has 1 aliphatic carbocycles. The highest BCUT2D eigenvalue weighted by Gasteiger charge is 2.27. The van der Waals surface area contributed by atoms with Crippen LogP contribution in [-0.4, -0.2) is 8.42 Å². The minimum atomic E-state index is -3.49. The van der Waals surface area contributed by atoms with Crippen LogP contribution < -0.4 is 4.72 Å². The van der Waals surface area contributed by atoms with Crippen molar-refractivity contribution in [3.8, 4) is 0 Å². The Morgan fingerprint density at radius 1 is 1.20 bits per heavy atom.